The first-order valence-corrected chi connectivity index (χ1v) is 7.58. The third kappa shape index (κ3) is 3.95. The van der Waals surface area contributed by atoms with Crippen LogP contribution in [-0.4, -0.2) is 28.4 Å². The molecule has 1 aromatic heterocycles. The fraction of sp³-hybridized carbons (Fsp3) is 0.278. The lowest BCUT2D eigenvalue weighted by Crippen LogP contribution is -2.09. The van der Waals surface area contributed by atoms with Gasteiger partial charge >= 0.3 is 5.97 Å². The molecule has 5 nitrogen and oxygen atoms in total. The minimum absolute atomic E-state index is 0.100. The van der Waals surface area contributed by atoms with Crippen LogP contribution in [0.3, 0.4) is 0 Å². The molecule has 1 N–H and O–H groups in total. The molecule has 1 aromatic carbocycles. The molecule has 0 fully saturated rings. The second-order valence-electron chi connectivity index (χ2n) is 5.22. The Bertz CT molecular complexity index is 753. The van der Waals surface area contributed by atoms with E-state index in [1.54, 1.807) is 26.0 Å². The van der Waals surface area contributed by atoms with E-state index >= 15 is 0 Å². The van der Waals surface area contributed by atoms with Gasteiger partial charge in [-0.15, -0.1) is 0 Å². The van der Waals surface area contributed by atoms with Crippen LogP contribution in [0.4, 0.5) is 4.39 Å². The van der Waals surface area contributed by atoms with Gasteiger partial charge in [0.1, 0.15) is 17.3 Å². The number of aromatic nitrogens is 1. The first-order chi connectivity index (χ1) is 11.4. The number of halogens is 1. The highest BCUT2D eigenvalue weighted by Gasteiger charge is 2.18. The molecule has 24 heavy (non-hydrogen) atoms. The standard InChI is InChI=1S/C18H18FNO4/c1-3-24-16(23)10-9-15(22)18-14(21)8-7-13(20-18)17-11(2)5-4-6-12(17)19/h4-8,21H,3,9-10H2,1-2H3. The number of esters is 1. The molecule has 2 rings (SSSR count). The smallest absolute Gasteiger partial charge is 0.306 e. The minimum atomic E-state index is -0.503. The monoisotopic (exact) mass is 331 g/mol. The first kappa shape index (κ1) is 17.6. The highest BCUT2D eigenvalue weighted by Crippen LogP contribution is 2.28. The normalized spacial score (nSPS) is 10.5. The molecule has 1 heterocycles. The van der Waals surface area contributed by atoms with E-state index < -0.39 is 17.6 Å². The van der Waals surface area contributed by atoms with Crippen LogP contribution in [0, 0.1) is 12.7 Å². The maximum absolute atomic E-state index is 14.1. The average molecular weight is 331 g/mol. The van der Waals surface area contributed by atoms with E-state index in [2.05, 4.69) is 4.98 Å². The lowest BCUT2D eigenvalue weighted by Gasteiger charge is -2.09. The second kappa shape index (κ2) is 7.68. The summed E-state index contributed by atoms with van der Waals surface area (Å²) < 4.78 is 18.8. The predicted molar refractivity (Wildman–Crippen MR) is 86.2 cm³/mol. The maximum Gasteiger partial charge on any atom is 0.306 e. The third-order valence-electron chi connectivity index (χ3n) is 3.48. The van der Waals surface area contributed by atoms with Crippen LogP contribution in [0.25, 0.3) is 11.3 Å². The van der Waals surface area contributed by atoms with Crippen molar-refractivity contribution >= 4 is 11.8 Å². The maximum atomic E-state index is 14.1. The van der Waals surface area contributed by atoms with Crippen molar-refractivity contribution in [3.63, 3.8) is 0 Å². The lowest BCUT2D eigenvalue weighted by atomic mass is 10.0. The highest BCUT2D eigenvalue weighted by molar-refractivity contribution is 5.98. The Morgan fingerprint density at radius 2 is 1.96 bits per heavy atom. The van der Waals surface area contributed by atoms with Crippen molar-refractivity contribution in [2.75, 3.05) is 6.61 Å². The van der Waals surface area contributed by atoms with Gasteiger partial charge in [-0.3, -0.25) is 9.59 Å². The summed E-state index contributed by atoms with van der Waals surface area (Å²) in [7, 11) is 0. The third-order valence-corrected chi connectivity index (χ3v) is 3.48. The molecule has 0 spiro atoms. The van der Waals surface area contributed by atoms with Gasteiger partial charge in [-0.2, -0.15) is 0 Å². The molecule has 0 saturated heterocycles. The van der Waals surface area contributed by atoms with Gasteiger partial charge in [0.25, 0.3) is 0 Å². The largest absolute Gasteiger partial charge is 0.506 e. The number of aryl methyl sites for hydroxylation is 1. The number of Topliss-reactive ketones (excluding diaryl/α,β-unsaturated/α-hetero) is 1. The summed E-state index contributed by atoms with van der Waals surface area (Å²) in [5.41, 5.74) is 1.01. The zero-order valence-corrected chi connectivity index (χ0v) is 13.5. The van der Waals surface area contributed by atoms with Gasteiger partial charge in [-0.05, 0) is 37.6 Å². The number of benzene rings is 1. The van der Waals surface area contributed by atoms with Crippen LogP contribution in [0.2, 0.25) is 0 Å². The molecule has 0 aliphatic heterocycles. The van der Waals surface area contributed by atoms with E-state index in [4.69, 9.17) is 4.74 Å². The van der Waals surface area contributed by atoms with Gasteiger partial charge < -0.3 is 9.84 Å². The van der Waals surface area contributed by atoms with E-state index in [-0.39, 0.29) is 42.1 Å². The fourth-order valence-corrected chi connectivity index (χ4v) is 2.32. The number of hydrogen-bond donors (Lipinski definition) is 1. The van der Waals surface area contributed by atoms with Crippen molar-refractivity contribution < 1.29 is 23.8 Å². The second-order valence-corrected chi connectivity index (χ2v) is 5.22. The number of rotatable bonds is 6. The number of ketones is 1. The fourth-order valence-electron chi connectivity index (χ4n) is 2.32. The van der Waals surface area contributed by atoms with E-state index in [1.807, 2.05) is 0 Å². The topological polar surface area (TPSA) is 76.5 Å². The molecule has 126 valence electrons. The van der Waals surface area contributed by atoms with Gasteiger partial charge in [0.05, 0.1) is 18.7 Å². The molecule has 0 aliphatic carbocycles. The number of pyridine rings is 1. The van der Waals surface area contributed by atoms with Crippen molar-refractivity contribution in [2.45, 2.75) is 26.7 Å². The van der Waals surface area contributed by atoms with Crippen LogP contribution in [-0.2, 0) is 9.53 Å². The molecule has 0 unspecified atom stereocenters. The lowest BCUT2D eigenvalue weighted by molar-refractivity contribution is -0.143. The van der Waals surface area contributed by atoms with Crippen LogP contribution in [0.15, 0.2) is 30.3 Å². The molecule has 0 radical (unpaired) electrons. The van der Waals surface area contributed by atoms with E-state index in [0.717, 1.165) is 0 Å². The summed E-state index contributed by atoms with van der Waals surface area (Å²) >= 11 is 0. The number of carbonyl (C=O) groups is 2. The average Bonchev–Trinajstić information content (AvgIpc) is 2.54. The molecule has 0 amide bonds. The summed E-state index contributed by atoms with van der Waals surface area (Å²) in [6.07, 6.45) is -0.240. The number of aromatic hydroxyl groups is 1. The van der Waals surface area contributed by atoms with Crippen LogP contribution in [0.1, 0.15) is 35.8 Å². The van der Waals surface area contributed by atoms with Gasteiger partial charge in [-0.25, -0.2) is 9.37 Å². The molecule has 2 aromatic rings. The number of hydrogen-bond acceptors (Lipinski definition) is 5. The number of ether oxygens (including phenoxy) is 1. The molecule has 0 saturated carbocycles. The summed E-state index contributed by atoms with van der Waals surface area (Å²) in [6, 6.07) is 7.36. The van der Waals surface area contributed by atoms with Gasteiger partial charge in [0.15, 0.2) is 5.78 Å². The van der Waals surface area contributed by atoms with Crippen LogP contribution >= 0.6 is 0 Å². The molecule has 0 atom stereocenters. The van der Waals surface area contributed by atoms with Crippen molar-refractivity contribution in [1.82, 2.24) is 4.98 Å². The molecule has 6 heteroatoms. The predicted octanol–water partition coefficient (Wildman–Crippen LogP) is 3.43. The van der Waals surface area contributed by atoms with Crippen molar-refractivity contribution in [3.8, 4) is 17.0 Å². The quantitative estimate of drug-likeness (QED) is 0.648. The summed E-state index contributed by atoms with van der Waals surface area (Å²) in [5.74, 6) is -1.76. The van der Waals surface area contributed by atoms with E-state index in [1.165, 1.54) is 18.2 Å². The van der Waals surface area contributed by atoms with Crippen LogP contribution < -0.4 is 0 Å². The minimum Gasteiger partial charge on any atom is -0.506 e. The zero-order chi connectivity index (χ0) is 17.7. The Morgan fingerprint density at radius 3 is 2.62 bits per heavy atom. The summed E-state index contributed by atoms with van der Waals surface area (Å²) in [5, 5.41) is 9.87. The summed E-state index contributed by atoms with van der Waals surface area (Å²) in [6.45, 7) is 3.64. The Morgan fingerprint density at radius 1 is 1.21 bits per heavy atom. The Kier molecular flexibility index (Phi) is 5.63. The van der Waals surface area contributed by atoms with E-state index in [9.17, 15) is 19.1 Å². The van der Waals surface area contributed by atoms with Gasteiger partial charge in [0.2, 0.25) is 0 Å². The van der Waals surface area contributed by atoms with E-state index in [0.29, 0.717) is 5.56 Å². The Hall–Kier alpha value is -2.76. The van der Waals surface area contributed by atoms with Gasteiger partial charge in [0, 0.05) is 12.0 Å². The zero-order valence-electron chi connectivity index (χ0n) is 13.5. The molecular formula is C18H18FNO4. The Labute approximate surface area is 139 Å². The first-order valence-electron chi connectivity index (χ1n) is 7.58. The van der Waals surface area contributed by atoms with Crippen molar-refractivity contribution in [1.29, 1.82) is 0 Å². The van der Waals surface area contributed by atoms with Gasteiger partial charge in [-0.1, -0.05) is 12.1 Å². The van der Waals surface area contributed by atoms with Crippen molar-refractivity contribution in [3.05, 3.63) is 47.4 Å². The molecule has 0 bridgehead atoms. The Balaban J connectivity index is 2.29. The highest BCUT2D eigenvalue weighted by atomic mass is 19.1. The number of nitrogens with zero attached hydrogens (tertiary/aromatic N) is 1. The SMILES string of the molecule is CCOC(=O)CCC(=O)c1nc(-c2c(C)cccc2F)ccc1O. The van der Waals surface area contributed by atoms with Crippen molar-refractivity contribution in [2.24, 2.45) is 0 Å². The van der Waals surface area contributed by atoms with Crippen LogP contribution in [0.5, 0.6) is 5.75 Å². The molecule has 0 aliphatic rings. The summed E-state index contributed by atoms with van der Waals surface area (Å²) in [4.78, 5) is 27.6. The molecular weight excluding hydrogens is 313 g/mol. The number of carbonyl (C=O) groups excluding carboxylic acids is 2.